The Kier molecular flexibility index (Phi) is 2.97. The van der Waals surface area contributed by atoms with Crippen LogP contribution in [0.2, 0.25) is 0 Å². The van der Waals surface area contributed by atoms with Crippen LogP contribution in [0, 0.1) is 0 Å². The second-order valence-electron chi connectivity index (χ2n) is 4.90. The monoisotopic (exact) mass is 283 g/mol. The Hall–Kier alpha value is -2.54. The molecule has 1 aliphatic heterocycles. The molecular formula is C14H13N5O2. The molecule has 0 amide bonds. The molecule has 1 atom stereocenters. The smallest absolute Gasteiger partial charge is 0.258 e. The lowest BCUT2D eigenvalue weighted by atomic mass is 10.1. The van der Waals surface area contributed by atoms with Gasteiger partial charge in [-0.25, -0.2) is 4.98 Å². The number of ether oxygens (including phenoxy) is 1. The molecule has 7 nitrogen and oxygen atoms in total. The van der Waals surface area contributed by atoms with Crippen molar-refractivity contribution >= 4 is 0 Å². The molecule has 2 aromatic heterocycles. The van der Waals surface area contributed by atoms with Crippen molar-refractivity contribution in [1.82, 2.24) is 25.3 Å². The molecule has 0 spiro atoms. The molecule has 4 rings (SSSR count). The van der Waals surface area contributed by atoms with Gasteiger partial charge in [0.15, 0.2) is 11.6 Å². The van der Waals surface area contributed by atoms with E-state index in [2.05, 4.69) is 25.3 Å². The van der Waals surface area contributed by atoms with Crippen LogP contribution in [0.1, 0.15) is 18.2 Å². The summed E-state index contributed by atoms with van der Waals surface area (Å²) in [4.78, 5) is 8.69. The Bertz CT molecular complexity index is 731. The van der Waals surface area contributed by atoms with E-state index in [9.17, 15) is 0 Å². The molecule has 21 heavy (non-hydrogen) atoms. The van der Waals surface area contributed by atoms with Gasteiger partial charge in [-0.3, -0.25) is 5.10 Å². The Labute approximate surface area is 120 Å². The van der Waals surface area contributed by atoms with E-state index in [0.717, 1.165) is 24.2 Å². The predicted molar refractivity (Wildman–Crippen MR) is 73.3 cm³/mol. The van der Waals surface area contributed by atoms with E-state index in [4.69, 9.17) is 9.26 Å². The molecule has 3 heterocycles. The number of nitrogens with one attached hydrogen (secondary N) is 1. The molecule has 1 N–H and O–H groups in total. The molecule has 1 aromatic carbocycles. The summed E-state index contributed by atoms with van der Waals surface area (Å²) in [6.07, 6.45) is 2.41. The summed E-state index contributed by atoms with van der Waals surface area (Å²) in [5.74, 6) is 2.09. The maximum atomic E-state index is 5.42. The highest BCUT2D eigenvalue weighted by atomic mass is 16.5. The SMILES string of the molecule is c1ccc(-c2nc([C@@H]3CCOC3)no2)c(-c2ncn[nH]2)c1. The van der Waals surface area contributed by atoms with E-state index in [0.29, 0.717) is 24.1 Å². The van der Waals surface area contributed by atoms with Crippen LogP contribution < -0.4 is 0 Å². The molecule has 1 saturated heterocycles. The van der Waals surface area contributed by atoms with Crippen molar-refractivity contribution in [2.24, 2.45) is 0 Å². The largest absolute Gasteiger partial charge is 0.381 e. The first-order valence-corrected chi connectivity index (χ1v) is 6.78. The quantitative estimate of drug-likeness (QED) is 0.791. The van der Waals surface area contributed by atoms with E-state index in [-0.39, 0.29) is 5.92 Å². The third-order valence-electron chi connectivity index (χ3n) is 3.56. The number of benzene rings is 1. The standard InChI is InChI=1S/C14H13N5O2/c1-2-4-11(10(3-1)13-15-8-16-18-13)14-17-12(19-21-14)9-5-6-20-7-9/h1-4,8-9H,5-7H2,(H,15,16,18)/t9-/m1/s1. The van der Waals surface area contributed by atoms with Gasteiger partial charge in [-0.2, -0.15) is 10.1 Å². The van der Waals surface area contributed by atoms with Gasteiger partial charge in [0, 0.05) is 18.1 Å². The average Bonchev–Trinajstić information content (AvgIpc) is 3.27. The Morgan fingerprint density at radius 2 is 2.10 bits per heavy atom. The molecule has 0 radical (unpaired) electrons. The summed E-state index contributed by atoms with van der Waals surface area (Å²) in [5.41, 5.74) is 1.72. The fraction of sp³-hybridized carbons (Fsp3) is 0.286. The zero-order chi connectivity index (χ0) is 14.1. The highest BCUT2D eigenvalue weighted by Crippen LogP contribution is 2.30. The van der Waals surface area contributed by atoms with E-state index in [1.165, 1.54) is 6.33 Å². The predicted octanol–water partition coefficient (Wildman–Crippen LogP) is 2.03. The topological polar surface area (TPSA) is 89.7 Å². The molecular weight excluding hydrogens is 270 g/mol. The molecule has 0 saturated carbocycles. The van der Waals surface area contributed by atoms with Gasteiger partial charge >= 0.3 is 0 Å². The lowest BCUT2D eigenvalue weighted by Gasteiger charge is -2.02. The molecule has 1 fully saturated rings. The number of aromatic amines is 1. The number of nitrogens with zero attached hydrogens (tertiary/aromatic N) is 4. The van der Waals surface area contributed by atoms with Crippen molar-refractivity contribution in [2.75, 3.05) is 13.2 Å². The van der Waals surface area contributed by atoms with Crippen molar-refractivity contribution in [2.45, 2.75) is 12.3 Å². The van der Waals surface area contributed by atoms with E-state index in [1.54, 1.807) is 0 Å². The highest BCUT2D eigenvalue weighted by Gasteiger charge is 2.24. The van der Waals surface area contributed by atoms with Gasteiger partial charge in [-0.1, -0.05) is 23.4 Å². The minimum absolute atomic E-state index is 0.222. The Morgan fingerprint density at radius 1 is 1.19 bits per heavy atom. The summed E-state index contributed by atoms with van der Waals surface area (Å²) in [7, 11) is 0. The first-order chi connectivity index (χ1) is 10.4. The van der Waals surface area contributed by atoms with Crippen molar-refractivity contribution in [3.8, 4) is 22.8 Å². The van der Waals surface area contributed by atoms with E-state index >= 15 is 0 Å². The molecule has 3 aromatic rings. The first kappa shape index (κ1) is 12.2. The number of aromatic nitrogens is 5. The summed E-state index contributed by atoms with van der Waals surface area (Å²) >= 11 is 0. The van der Waals surface area contributed by atoms with Crippen LogP contribution in [0.5, 0.6) is 0 Å². The van der Waals surface area contributed by atoms with Crippen molar-refractivity contribution in [3.63, 3.8) is 0 Å². The van der Waals surface area contributed by atoms with Crippen LogP contribution in [0.4, 0.5) is 0 Å². The fourth-order valence-electron chi connectivity index (χ4n) is 2.46. The van der Waals surface area contributed by atoms with E-state index in [1.807, 2.05) is 24.3 Å². The molecule has 0 aliphatic carbocycles. The minimum Gasteiger partial charge on any atom is -0.381 e. The van der Waals surface area contributed by atoms with Gasteiger partial charge in [0.05, 0.1) is 12.2 Å². The third kappa shape index (κ3) is 2.21. The van der Waals surface area contributed by atoms with Crippen LogP contribution in [0.15, 0.2) is 35.1 Å². The molecule has 7 heteroatoms. The van der Waals surface area contributed by atoms with Gasteiger partial charge in [0.25, 0.3) is 5.89 Å². The van der Waals surface area contributed by atoms with Crippen LogP contribution in [-0.2, 0) is 4.74 Å². The molecule has 0 bridgehead atoms. The van der Waals surface area contributed by atoms with Crippen LogP contribution in [0.3, 0.4) is 0 Å². The van der Waals surface area contributed by atoms with Gasteiger partial charge in [0.2, 0.25) is 0 Å². The van der Waals surface area contributed by atoms with Gasteiger partial charge in [-0.15, -0.1) is 0 Å². The second kappa shape index (κ2) is 5.10. The maximum absolute atomic E-state index is 5.42. The van der Waals surface area contributed by atoms with Crippen LogP contribution >= 0.6 is 0 Å². The minimum atomic E-state index is 0.222. The van der Waals surface area contributed by atoms with E-state index < -0.39 is 0 Å². The summed E-state index contributed by atoms with van der Waals surface area (Å²) in [6, 6.07) is 7.74. The lowest BCUT2D eigenvalue weighted by molar-refractivity contribution is 0.192. The second-order valence-corrected chi connectivity index (χ2v) is 4.90. The lowest BCUT2D eigenvalue weighted by Crippen LogP contribution is -1.99. The van der Waals surface area contributed by atoms with Gasteiger partial charge in [-0.05, 0) is 12.5 Å². The number of H-pyrrole nitrogens is 1. The third-order valence-corrected chi connectivity index (χ3v) is 3.56. The number of hydrogen-bond acceptors (Lipinski definition) is 6. The molecule has 0 unspecified atom stereocenters. The van der Waals surface area contributed by atoms with Gasteiger partial charge < -0.3 is 9.26 Å². The Balaban J connectivity index is 1.74. The summed E-state index contributed by atoms with van der Waals surface area (Å²) < 4.78 is 10.8. The van der Waals surface area contributed by atoms with Crippen molar-refractivity contribution in [3.05, 3.63) is 36.4 Å². The Morgan fingerprint density at radius 3 is 2.86 bits per heavy atom. The highest BCUT2D eigenvalue weighted by molar-refractivity contribution is 5.75. The zero-order valence-corrected chi connectivity index (χ0v) is 11.2. The average molecular weight is 283 g/mol. The summed E-state index contributed by atoms with van der Waals surface area (Å²) in [5, 5.41) is 10.8. The zero-order valence-electron chi connectivity index (χ0n) is 11.2. The first-order valence-electron chi connectivity index (χ1n) is 6.78. The maximum Gasteiger partial charge on any atom is 0.258 e. The van der Waals surface area contributed by atoms with Crippen LogP contribution in [0.25, 0.3) is 22.8 Å². The summed E-state index contributed by atoms with van der Waals surface area (Å²) in [6.45, 7) is 1.41. The molecule has 106 valence electrons. The molecule has 1 aliphatic rings. The van der Waals surface area contributed by atoms with Crippen molar-refractivity contribution in [1.29, 1.82) is 0 Å². The number of hydrogen-bond donors (Lipinski definition) is 1. The number of rotatable bonds is 3. The normalized spacial score (nSPS) is 18.2. The fourth-order valence-corrected chi connectivity index (χ4v) is 2.46. The van der Waals surface area contributed by atoms with Crippen LogP contribution in [-0.4, -0.2) is 38.5 Å². The van der Waals surface area contributed by atoms with Crippen molar-refractivity contribution < 1.29 is 9.26 Å². The van der Waals surface area contributed by atoms with Gasteiger partial charge in [0.1, 0.15) is 6.33 Å².